The Morgan fingerprint density at radius 1 is 1.12 bits per heavy atom. The Hall–Kier alpha value is -2.69. The monoisotopic (exact) mass is 378 g/mol. The van der Waals surface area contributed by atoms with E-state index in [9.17, 15) is 18.0 Å². The minimum atomic E-state index is -3.75. The van der Waals surface area contributed by atoms with E-state index in [0.717, 1.165) is 16.9 Å². The molecule has 3 aromatic rings. The van der Waals surface area contributed by atoms with Crippen LogP contribution >= 0.6 is 11.3 Å². The number of sulfonamides is 1. The van der Waals surface area contributed by atoms with Crippen LogP contribution in [0.3, 0.4) is 0 Å². The van der Waals surface area contributed by atoms with E-state index in [0.29, 0.717) is 16.3 Å². The van der Waals surface area contributed by atoms with Crippen molar-refractivity contribution in [1.82, 2.24) is 10.2 Å². The number of benzene rings is 1. The van der Waals surface area contributed by atoms with Crippen LogP contribution in [-0.2, 0) is 21.2 Å². The molecule has 3 rings (SSSR count). The fourth-order valence-corrected chi connectivity index (χ4v) is 3.97. The minimum absolute atomic E-state index is 0.0279. The number of carbonyl (C=O) groups is 1. The summed E-state index contributed by atoms with van der Waals surface area (Å²) in [7, 11) is -3.75. The molecule has 5 N–H and O–H groups in total. The lowest BCUT2D eigenvalue weighted by atomic mass is 10.1. The highest BCUT2D eigenvalue weighted by atomic mass is 32.2. The molecule has 1 amide bonds. The zero-order valence-corrected chi connectivity index (χ0v) is 14.4. The third-order valence-electron chi connectivity index (χ3n) is 3.33. The number of hydrogen-bond donors (Lipinski definition) is 4. The highest BCUT2D eigenvalue weighted by Crippen LogP contribution is 2.22. The van der Waals surface area contributed by atoms with Crippen LogP contribution in [0.1, 0.15) is 4.88 Å². The summed E-state index contributed by atoms with van der Waals surface area (Å²) >= 11 is 0.970. The molecule has 0 aliphatic rings. The van der Waals surface area contributed by atoms with Crippen LogP contribution in [0.15, 0.2) is 51.5 Å². The molecule has 0 fully saturated rings. The average molecular weight is 378 g/mol. The van der Waals surface area contributed by atoms with Crippen molar-refractivity contribution >= 4 is 33.0 Å². The summed E-state index contributed by atoms with van der Waals surface area (Å²) < 4.78 is 22.5. The van der Waals surface area contributed by atoms with Gasteiger partial charge in [0, 0.05) is 16.6 Å². The highest BCUT2D eigenvalue weighted by Gasteiger charge is 2.13. The third-order valence-corrected chi connectivity index (χ3v) is 5.85. The van der Waals surface area contributed by atoms with Gasteiger partial charge in [-0.3, -0.25) is 19.8 Å². The van der Waals surface area contributed by atoms with Gasteiger partial charge in [0.1, 0.15) is 4.21 Å². The lowest BCUT2D eigenvalue weighted by molar-refractivity contribution is -0.115. The normalized spacial score (nSPS) is 11.4. The van der Waals surface area contributed by atoms with Gasteiger partial charge in [-0.2, -0.15) is 0 Å². The van der Waals surface area contributed by atoms with Crippen molar-refractivity contribution < 1.29 is 13.2 Å². The number of rotatable bonds is 5. The second kappa shape index (κ2) is 6.67. The quantitative estimate of drug-likeness (QED) is 0.531. The number of H-pyrrole nitrogens is 2. The molecule has 0 aliphatic heterocycles. The van der Waals surface area contributed by atoms with Gasteiger partial charge in [-0.15, -0.1) is 11.3 Å². The zero-order valence-electron chi connectivity index (χ0n) is 12.8. The number of carbonyl (C=O) groups excluding carboxylic acids is 1. The van der Waals surface area contributed by atoms with Crippen molar-refractivity contribution in [3.8, 4) is 11.3 Å². The maximum Gasteiger partial charge on any atom is 0.264 e. The van der Waals surface area contributed by atoms with Gasteiger partial charge in [0.15, 0.2) is 0 Å². The molecular formula is C15H14N4O4S2. The molecule has 10 heteroatoms. The standard InChI is InChI=1S/C15H14N4O4S2/c16-25(22,23)15-6-5-11(24-15)7-13(20)17-10-3-1-9(2-4-10)12-8-14(21)19-18-12/h1-6,8H,7H2,(H,17,20)(H2,16,22,23)(H2,18,19,21). The van der Waals surface area contributed by atoms with Crippen LogP contribution in [0.4, 0.5) is 5.69 Å². The Labute approximate surface area is 146 Å². The van der Waals surface area contributed by atoms with Crippen LogP contribution in [0.5, 0.6) is 0 Å². The molecule has 0 radical (unpaired) electrons. The maximum atomic E-state index is 12.1. The molecular weight excluding hydrogens is 364 g/mol. The SMILES string of the molecule is NS(=O)(=O)c1ccc(CC(=O)Nc2ccc(-c3cc(=O)[nH][nH]3)cc2)s1. The Kier molecular flexibility index (Phi) is 4.57. The number of nitrogens with two attached hydrogens (primary N) is 1. The van der Waals surface area contributed by atoms with E-state index < -0.39 is 10.0 Å². The number of hydrogen-bond acceptors (Lipinski definition) is 5. The second-order valence-electron chi connectivity index (χ2n) is 5.24. The summed E-state index contributed by atoms with van der Waals surface area (Å²) in [5.41, 5.74) is 1.82. The molecule has 0 unspecified atom stereocenters. The first-order valence-corrected chi connectivity index (χ1v) is 9.47. The number of aromatic amines is 2. The molecule has 0 saturated carbocycles. The number of aromatic nitrogens is 2. The van der Waals surface area contributed by atoms with E-state index in [1.807, 2.05) is 0 Å². The van der Waals surface area contributed by atoms with Crippen molar-refractivity contribution in [3.05, 3.63) is 57.7 Å². The minimum Gasteiger partial charge on any atom is -0.326 e. The summed E-state index contributed by atoms with van der Waals surface area (Å²) in [6.45, 7) is 0. The Balaban J connectivity index is 1.65. The van der Waals surface area contributed by atoms with Gasteiger partial charge in [-0.1, -0.05) is 12.1 Å². The van der Waals surface area contributed by atoms with Gasteiger partial charge in [0.25, 0.3) is 5.56 Å². The van der Waals surface area contributed by atoms with Gasteiger partial charge in [0.05, 0.1) is 12.1 Å². The van der Waals surface area contributed by atoms with Crippen LogP contribution in [0.25, 0.3) is 11.3 Å². The summed E-state index contributed by atoms with van der Waals surface area (Å²) in [5.74, 6) is -0.273. The first kappa shape index (κ1) is 17.1. The Morgan fingerprint density at radius 2 is 1.84 bits per heavy atom. The summed E-state index contributed by atoms with van der Waals surface area (Å²) in [4.78, 5) is 23.8. The molecule has 130 valence electrons. The van der Waals surface area contributed by atoms with Crippen molar-refractivity contribution in [2.45, 2.75) is 10.6 Å². The first-order valence-electron chi connectivity index (χ1n) is 7.11. The van der Waals surface area contributed by atoms with Gasteiger partial charge in [-0.25, -0.2) is 13.6 Å². The predicted octanol–water partition coefficient (Wildman–Crippen LogP) is 1.26. The Morgan fingerprint density at radius 3 is 2.40 bits per heavy atom. The molecule has 25 heavy (non-hydrogen) atoms. The number of anilines is 1. The largest absolute Gasteiger partial charge is 0.326 e. The molecule has 8 nitrogen and oxygen atoms in total. The van der Waals surface area contributed by atoms with E-state index >= 15 is 0 Å². The second-order valence-corrected chi connectivity index (χ2v) is 8.20. The van der Waals surface area contributed by atoms with E-state index in [1.165, 1.54) is 12.1 Å². The number of thiophene rings is 1. The summed E-state index contributed by atoms with van der Waals surface area (Å²) in [6, 6.07) is 11.3. The van der Waals surface area contributed by atoms with Crippen molar-refractivity contribution in [2.24, 2.45) is 5.14 Å². The van der Waals surface area contributed by atoms with Gasteiger partial charge in [-0.05, 0) is 29.8 Å². The molecule has 0 bridgehead atoms. The van der Waals surface area contributed by atoms with E-state index in [4.69, 9.17) is 5.14 Å². The van der Waals surface area contributed by atoms with Crippen molar-refractivity contribution in [3.63, 3.8) is 0 Å². The predicted molar refractivity (Wildman–Crippen MR) is 94.9 cm³/mol. The van der Waals surface area contributed by atoms with Crippen LogP contribution < -0.4 is 16.0 Å². The van der Waals surface area contributed by atoms with Gasteiger partial charge < -0.3 is 5.32 Å². The van der Waals surface area contributed by atoms with E-state index in [2.05, 4.69) is 15.5 Å². The number of nitrogens with one attached hydrogen (secondary N) is 3. The molecule has 0 spiro atoms. The van der Waals surface area contributed by atoms with Gasteiger partial charge in [0.2, 0.25) is 15.9 Å². The van der Waals surface area contributed by atoms with Gasteiger partial charge >= 0.3 is 0 Å². The molecule has 0 aliphatic carbocycles. The molecule has 0 saturated heterocycles. The lowest BCUT2D eigenvalue weighted by Gasteiger charge is -2.05. The molecule has 2 aromatic heterocycles. The maximum absolute atomic E-state index is 12.1. The fourth-order valence-electron chi connectivity index (χ4n) is 2.19. The zero-order chi connectivity index (χ0) is 18.0. The highest BCUT2D eigenvalue weighted by molar-refractivity contribution is 7.91. The van der Waals surface area contributed by atoms with Crippen LogP contribution in [0.2, 0.25) is 0 Å². The summed E-state index contributed by atoms with van der Waals surface area (Å²) in [5, 5.41) is 13.0. The Bertz CT molecular complexity index is 1060. The number of primary sulfonamides is 1. The van der Waals surface area contributed by atoms with Crippen LogP contribution in [-0.4, -0.2) is 24.5 Å². The summed E-state index contributed by atoms with van der Waals surface area (Å²) in [6.07, 6.45) is 0.0487. The lowest BCUT2D eigenvalue weighted by Crippen LogP contribution is -2.13. The smallest absolute Gasteiger partial charge is 0.264 e. The third kappa shape index (κ3) is 4.24. The average Bonchev–Trinajstić information content (AvgIpc) is 3.17. The van der Waals surface area contributed by atoms with E-state index in [-0.39, 0.29) is 22.1 Å². The number of amides is 1. The molecule has 2 heterocycles. The van der Waals surface area contributed by atoms with E-state index in [1.54, 1.807) is 30.3 Å². The molecule has 1 aromatic carbocycles. The topological polar surface area (TPSA) is 138 Å². The molecule has 0 atom stereocenters. The fraction of sp³-hybridized carbons (Fsp3) is 0.0667. The van der Waals surface area contributed by atoms with Crippen LogP contribution in [0, 0.1) is 0 Å². The first-order chi connectivity index (χ1) is 11.8. The van der Waals surface area contributed by atoms with Crippen molar-refractivity contribution in [1.29, 1.82) is 0 Å². The van der Waals surface area contributed by atoms with Crippen molar-refractivity contribution in [2.75, 3.05) is 5.32 Å².